The molecule has 1 aromatic carbocycles. The van der Waals surface area contributed by atoms with Gasteiger partial charge >= 0.3 is 0 Å². The Balaban J connectivity index is 1.06. The molecule has 2 saturated heterocycles. The van der Waals surface area contributed by atoms with E-state index >= 15 is 0 Å². The number of carbonyl (C=O) groups excluding carboxylic acids is 1. The average molecular weight is 580 g/mol. The highest BCUT2D eigenvalue weighted by Crippen LogP contribution is 2.29. The van der Waals surface area contributed by atoms with Crippen LogP contribution < -0.4 is 20.3 Å². The first-order chi connectivity index (χ1) is 20.0. The van der Waals surface area contributed by atoms with Crippen LogP contribution in [0.1, 0.15) is 65.0 Å². The van der Waals surface area contributed by atoms with Crippen LogP contribution in [-0.4, -0.2) is 70.4 Å². The van der Waals surface area contributed by atoms with E-state index in [4.69, 9.17) is 4.74 Å². The molecule has 41 heavy (non-hydrogen) atoms. The summed E-state index contributed by atoms with van der Waals surface area (Å²) in [5.74, 6) is 1.16. The van der Waals surface area contributed by atoms with Gasteiger partial charge in [0.1, 0.15) is 5.75 Å². The van der Waals surface area contributed by atoms with E-state index in [1.807, 2.05) is 43.5 Å². The number of anilines is 2. The van der Waals surface area contributed by atoms with Crippen molar-refractivity contribution in [1.29, 1.82) is 0 Å². The molecule has 2 aliphatic rings. The number of aromatic nitrogens is 3. The van der Waals surface area contributed by atoms with Gasteiger partial charge in [0.05, 0.1) is 13.2 Å². The summed E-state index contributed by atoms with van der Waals surface area (Å²) in [5.41, 5.74) is 2.15. The Labute approximate surface area is 248 Å². The Morgan fingerprint density at radius 3 is 2.49 bits per heavy atom. The fourth-order valence-electron chi connectivity index (χ4n) is 6.07. The highest BCUT2D eigenvalue weighted by Gasteiger charge is 2.27. The Kier molecular flexibility index (Phi) is 10.2. The number of amides is 1. The van der Waals surface area contributed by atoms with E-state index in [1.54, 1.807) is 11.3 Å². The van der Waals surface area contributed by atoms with Crippen molar-refractivity contribution in [3.63, 3.8) is 0 Å². The minimum absolute atomic E-state index is 0.0798. The average Bonchev–Trinajstić information content (AvgIpc) is 3.66. The molecule has 5 rings (SSSR count). The number of hydrogen-bond donors (Lipinski definition) is 2. The van der Waals surface area contributed by atoms with Gasteiger partial charge in [0.15, 0.2) is 0 Å². The highest BCUT2D eigenvalue weighted by molar-refractivity contribution is 7.17. The molecule has 2 aromatic heterocycles. The summed E-state index contributed by atoms with van der Waals surface area (Å²) >= 11 is 1.60. The predicted octanol–water partition coefficient (Wildman–Crippen LogP) is 5.33. The van der Waals surface area contributed by atoms with E-state index in [0.29, 0.717) is 25.2 Å². The number of nitrogens with zero attached hydrogens (tertiary/aromatic N) is 5. The second kappa shape index (κ2) is 14.2. The van der Waals surface area contributed by atoms with Gasteiger partial charge in [0, 0.05) is 61.8 Å². The molecule has 9 nitrogen and oxygen atoms in total. The van der Waals surface area contributed by atoms with Crippen molar-refractivity contribution in [2.45, 2.75) is 77.9 Å². The summed E-state index contributed by atoms with van der Waals surface area (Å²) in [5, 5.41) is 17.5. The van der Waals surface area contributed by atoms with Crippen LogP contribution in [0.5, 0.6) is 5.75 Å². The first-order valence-electron chi connectivity index (χ1n) is 15.3. The summed E-state index contributed by atoms with van der Waals surface area (Å²) in [6.07, 6.45) is 8.67. The van der Waals surface area contributed by atoms with Crippen LogP contribution in [0, 0.1) is 5.92 Å². The van der Waals surface area contributed by atoms with Gasteiger partial charge < -0.3 is 20.3 Å². The molecule has 2 aliphatic heterocycles. The first-order valence-corrected chi connectivity index (χ1v) is 16.1. The van der Waals surface area contributed by atoms with Gasteiger partial charge in [-0.25, -0.2) is 0 Å². The van der Waals surface area contributed by atoms with Crippen LogP contribution in [0.3, 0.4) is 0 Å². The molecule has 2 atom stereocenters. The lowest BCUT2D eigenvalue weighted by Crippen LogP contribution is -2.45. The van der Waals surface area contributed by atoms with Crippen LogP contribution >= 0.6 is 11.3 Å². The Morgan fingerprint density at radius 2 is 1.76 bits per heavy atom. The third-order valence-corrected chi connectivity index (χ3v) is 9.47. The first kappa shape index (κ1) is 29.4. The van der Waals surface area contributed by atoms with Gasteiger partial charge in [-0.2, -0.15) is 0 Å². The van der Waals surface area contributed by atoms with Gasteiger partial charge in [0.25, 0.3) is 0 Å². The van der Waals surface area contributed by atoms with E-state index in [1.165, 1.54) is 19.3 Å². The van der Waals surface area contributed by atoms with Gasteiger partial charge in [-0.05, 0) is 89.3 Å². The molecule has 0 spiro atoms. The van der Waals surface area contributed by atoms with Crippen molar-refractivity contribution in [3.8, 4) is 10.9 Å². The second-order valence-electron chi connectivity index (χ2n) is 11.3. The number of piperidine rings is 2. The molecule has 222 valence electrons. The van der Waals surface area contributed by atoms with Crippen molar-refractivity contribution in [1.82, 2.24) is 25.0 Å². The zero-order chi connectivity index (χ0) is 28.6. The third kappa shape index (κ3) is 7.60. The molecule has 0 unspecified atom stereocenters. The van der Waals surface area contributed by atoms with Crippen molar-refractivity contribution < 1.29 is 9.53 Å². The predicted molar refractivity (Wildman–Crippen MR) is 166 cm³/mol. The Bertz CT molecular complexity index is 1230. The molecular weight excluding hydrogens is 534 g/mol. The maximum absolute atomic E-state index is 12.8. The monoisotopic (exact) mass is 579 g/mol. The van der Waals surface area contributed by atoms with E-state index in [9.17, 15) is 4.79 Å². The zero-order valence-electron chi connectivity index (χ0n) is 24.7. The summed E-state index contributed by atoms with van der Waals surface area (Å²) < 4.78 is 7.62. The lowest BCUT2D eigenvalue weighted by molar-refractivity contribution is -0.125. The number of likely N-dealkylation sites (tertiary alicyclic amines) is 1. The van der Waals surface area contributed by atoms with Crippen LogP contribution in [0.15, 0.2) is 42.6 Å². The van der Waals surface area contributed by atoms with Crippen LogP contribution in [-0.2, 0) is 11.3 Å². The molecule has 2 fully saturated rings. The fraction of sp³-hybridized carbons (Fsp3) is 0.581. The molecular formula is C31H45N7O2S. The number of rotatable bonds is 12. The zero-order valence-corrected chi connectivity index (χ0v) is 25.5. The van der Waals surface area contributed by atoms with Gasteiger partial charge in [-0.15, -0.1) is 10.2 Å². The molecule has 4 heterocycles. The summed E-state index contributed by atoms with van der Waals surface area (Å²) in [6, 6.07) is 13.5. The maximum Gasteiger partial charge on any atom is 0.223 e. The van der Waals surface area contributed by atoms with E-state index in [-0.39, 0.29) is 11.8 Å². The smallest absolute Gasteiger partial charge is 0.223 e. The Morgan fingerprint density at radius 1 is 1.02 bits per heavy atom. The number of hydrogen-bond acceptors (Lipinski definition) is 8. The molecule has 0 saturated carbocycles. The quantitative estimate of drug-likeness (QED) is 0.281. The van der Waals surface area contributed by atoms with Crippen molar-refractivity contribution in [2.75, 3.05) is 43.0 Å². The number of nitrogens with one attached hydrogen (secondary N) is 2. The van der Waals surface area contributed by atoms with Crippen LogP contribution in [0.2, 0.25) is 0 Å². The lowest BCUT2D eigenvalue weighted by atomic mass is 9.96. The molecule has 1 amide bonds. The maximum atomic E-state index is 12.8. The van der Waals surface area contributed by atoms with E-state index in [0.717, 1.165) is 72.8 Å². The Hall–Kier alpha value is -3.11. The SMILES string of the molecule is CCOc1ccc(NCc2cccn2-c2nnc(N3CCC(C(=O)NCCCN4[C@@H](C)CCC[C@@H]4C)CC3)s2)cc1. The number of benzene rings is 1. The summed E-state index contributed by atoms with van der Waals surface area (Å²) in [6.45, 7) is 11.5. The molecule has 2 N–H and O–H groups in total. The summed E-state index contributed by atoms with van der Waals surface area (Å²) in [4.78, 5) is 17.7. The van der Waals surface area contributed by atoms with Crippen molar-refractivity contribution in [2.24, 2.45) is 5.92 Å². The molecule has 0 bridgehead atoms. The van der Waals surface area contributed by atoms with Crippen LogP contribution in [0.25, 0.3) is 5.13 Å². The highest BCUT2D eigenvalue weighted by atomic mass is 32.1. The minimum Gasteiger partial charge on any atom is -0.494 e. The number of carbonyl (C=O) groups is 1. The summed E-state index contributed by atoms with van der Waals surface area (Å²) in [7, 11) is 0. The van der Waals surface area contributed by atoms with Crippen molar-refractivity contribution in [3.05, 3.63) is 48.3 Å². The normalized spacial score (nSPS) is 20.2. The fourth-order valence-corrected chi connectivity index (χ4v) is 6.99. The minimum atomic E-state index is 0.0798. The van der Waals surface area contributed by atoms with Gasteiger partial charge in [0.2, 0.25) is 16.2 Å². The lowest BCUT2D eigenvalue weighted by Gasteiger charge is -2.39. The van der Waals surface area contributed by atoms with Crippen molar-refractivity contribution >= 4 is 28.1 Å². The van der Waals surface area contributed by atoms with Gasteiger partial charge in [-0.3, -0.25) is 14.3 Å². The standard InChI is InChI=1S/C31H45N7O2S/c1-4-40-28-13-11-26(12-14-28)33-22-27-10-6-18-38(27)31-35-34-30(41-31)36-20-15-25(16-21-36)29(39)32-17-7-19-37-23(2)8-5-9-24(37)3/h6,10-14,18,23-25,33H,4-5,7-9,15-17,19-22H2,1-3H3,(H,32,39)/t23-,24-/m0/s1. The van der Waals surface area contributed by atoms with E-state index < -0.39 is 0 Å². The third-order valence-electron chi connectivity index (χ3n) is 8.49. The topological polar surface area (TPSA) is 87.5 Å². The number of ether oxygens (including phenoxy) is 1. The largest absolute Gasteiger partial charge is 0.494 e. The van der Waals surface area contributed by atoms with Crippen LogP contribution in [0.4, 0.5) is 10.8 Å². The molecule has 0 aliphatic carbocycles. The van der Waals surface area contributed by atoms with E-state index in [2.05, 4.69) is 55.1 Å². The molecule has 0 radical (unpaired) electrons. The van der Waals surface area contributed by atoms with Gasteiger partial charge in [-0.1, -0.05) is 17.8 Å². The molecule has 10 heteroatoms. The molecule has 3 aromatic rings. The second-order valence-corrected chi connectivity index (χ2v) is 12.3.